The highest BCUT2D eigenvalue weighted by Crippen LogP contribution is 2.38. The quantitative estimate of drug-likeness (QED) is 0.0496. The van der Waals surface area contributed by atoms with Crippen molar-refractivity contribution in [2.75, 3.05) is 39.9 Å². The van der Waals surface area contributed by atoms with Crippen molar-refractivity contribution >= 4 is 29.5 Å². The van der Waals surface area contributed by atoms with Crippen LogP contribution < -0.4 is 14.8 Å². The van der Waals surface area contributed by atoms with Gasteiger partial charge in [0.25, 0.3) is 5.91 Å². The minimum atomic E-state index is -2.02. The molecule has 3 fully saturated rings. The van der Waals surface area contributed by atoms with Crippen molar-refractivity contribution < 1.29 is 107 Å². The Balaban J connectivity index is 1.37. The molecule has 3 aliphatic heterocycles. The van der Waals surface area contributed by atoms with Gasteiger partial charge >= 0.3 is 17.9 Å². The number of benzene rings is 2. The molecule has 14 atom stereocenters. The lowest BCUT2D eigenvalue weighted by Crippen LogP contribution is -2.68. The summed E-state index contributed by atoms with van der Waals surface area (Å²) in [6, 6.07) is 12.1. The number of rotatable bonds is 26. The number of carboxylic acids is 1. The Morgan fingerprint density at radius 2 is 1.43 bits per heavy atom. The van der Waals surface area contributed by atoms with Gasteiger partial charge in [0.1, 0.15) is 55.1 Å². The van der Waals surface area contributed by atoms with Crippen LogP contribution in [0.2, 0.25) is 0 Å². The number of hydrogen-bond donors (Lipinski definition) is 8. The molecule has 4 aliphatic rings. The van der Waals surface area contributed by atoms with Crippen molar-refractivity contribution in [1.29, 1.82) is 0 Å². The van der Waals surface area contributed by atoms with Gasteiger partial charge in [-0.15, -0.1) is 0 Å². The molecule has 0 spiro atoms. The third-order valence-electron chi connectivity index (χ3n) is 13.4. The number of unbranched alkanes of at least 4 members (excludes halogenated alkanes) is 5. The van der Waals surface area contributed by atoms with Crippen LogP contribution in [0.3, 0.4) is 0 Å². The predicted molar refractivity (Wildman–Crippen MR) is 255 cm³/mol. The lowest BCUT2D eigenvalue weighted by molar-refractivity contribution is -0.372. The normalized spacial score (nSPS) is 29.7. The molecule has 412 valence electrons. The maximum absolute atomic E-state index is 14.7. The van der Waals surface area contributed by atoms with Crippen molar-refractivity contribution in [1.82, 2.24) is 0 Å². The van der Waals surface area contributed by atoms with E-state index in [4.69, 9.17) is 52.1 Å². The summed E-state index contributed by atoms with van der Waals surface area (Å²) in [5.41, 5.74) is 0.178. The summed E-state index contributed by atoms with van der Waals surface area (Å²) in [5, 5.41) is 79.9. The van der Waals surface area contributed by atoms with Gasteiger partial charge in [0, 0.05) is 24.8 Å². The van der Waals surface area contributed by atoms with Crippen LogP contribution in [0.5, 0.6) is 11.5 Å². The molecule has 1 aliphatic carbocycles. The molecular formula is C51H71NO22. The number of methoxy groups -OCH3 is 3. The van der Waals surface area contributed by atoms with Gasteiger partial charge in [-0.1, -0.05) is 76.0 Å². The Morgan fingerprint density at radius 3 is 2.11 bits per heavy atom. The zero-order valence-corrected chi connectivity index (χ0v) is 41.7. The maximum Gasteiger partial charge on any atom is 0.338 e. The van der Waals surface area contributed by atoms with Gasteiger partial charge in [0.2, 0.25) is 6.29 Å². The van der Waals surface area contributed by atoms with Crippen molar-refractivity contribution in [3.8, 4) is 11.5 Å². The SMILES string of the molecule is COC(=O)CCCCCCCCOC1OC(C(=O)Nc2ccc(OC)c(OC)c2)C(OC2OC=C(O)C(O)C2O)C(OC2OC(CO)C(O)C(OC(CC3CCCCC3)C(=O)O)C2OC(=O)c2ccccc2)C1O. The molecule has 14 unspecified atom stereocenters. The van der Waals surface area contributed by atoms with Gasteiger partial charge in [-0.2, -0.15) is 0 Å². The number of carbonyl (C=O) groups is 4. The minimum absolute atomic E-state index is 0.0212. The molecule has 2 aromatic carbocycles. The number of ether oxygens (including phenoxy) is 11. The first-order valence-electron chi connectivity index (χ1n) is 25.0. The molecule has 0 aromatic heterocycles. The van der Waals surface area contributed by atoms with E-state index in [0.29, 0.717) is 37.7 Å². The molecule has 8 N–H and O–H groups in total. The molecule has 2 saturated heterocycles. The average Bonchev–Trinajstić information content (AvgIpc) is 3.41. The van der Waals surface area contributed by atoms with Crippen LogP contribution in [0.1, 0.15) is 93.8 Å². The van der Waals surface area contributed by atoms with Crippen LogP contribution in [-0.2, 0) is 57.0 Å². The van der Waals surface area contributed by atoms with E-state index in [0.717, 1.165) is 51.4 Å². The first-order valence-corrected chi connectivity index (χ1v) is 25.0. The van der Waals surface area contributed by atoms with Gasteiger partial charge in [-0.05, 0) is 49.4 Å². The summed E-state index contributed by atoms with van der Waals surface area (Å²) >= 11 is 0. The highest BCUT2D eigenvalue weighted by molar-refractivity contribution is 5.95. The van der Waals surface area contributed by atoms with E-state index in [-0.39, 0.29) is 41.9 Å². The summed E-state index contributed by atoms with van der Waals surface area (Å²) in [5.74, 6) is -3.86. The highest BCUT2D eigenvalue weighted by Gasteiger charge is 2.57. The topological polar surface area (TPSA) is 323 Å². The Hall–Kier alpha value is -5.18. The second kappa shape index (κ2) is 28.6. The zero-order valence-electron chi connectivity index (χ0n) is 41.7. The number of aliphatic carboxylic acids is 1. The summed E-state index contributed by atoms with van der Waals surface area (Å²) in [4.78, 5) is 53.1. The van der Waals surface area contributed by atoms with Crippen molar-refractivity contribution in [2.24, 2.45) is 5.92 Å². The summed E-state index contributed by atoms with van der Waals surface area (Å²) in [6.07, 6.45) is -16.5. The van der Waals surface area contributed by atoms with Crippen molar-refractivity contribution in [3.63, 3.8) is 0 Å². The van der Waals surface area contributed by atoms with E-state index in [1.807, 2.05) is 0 Å². The zero-order chi connectivity index (χ0) is 53.3. The third-order valence-corrected chi connectivity index (χ3v) is 13.4. The number of hydrogen-bond acceptors (Lipinski definition) is 21. The molecule has 1 amide bonds. The molecule has 74 heavy (non-hydrogen) atoms. The Kier molecular flexibility index (Phi) is 22.5. The highest BCUT2D eigenvalue weighted by atomic mass is 16.8. The summed E-state index contributed by atoms with van der Waals surface area (Å²) in [7, 11) is 4.14. The molecule has 0 bridgehead atoms. The molecule has 3 heterocycles. The van der Waals surface area contributed by atoms with Gasteiger partial charge in [-0.25, -0.2) is 9.59 Å². The van der Waals surface area contributed by atoms with Crippen LogP contribution in [0, 0.1) is 5.92 Å². The van der Waals surface area contributed by atoms with E-state index in [1.165, 1.54) is 51.7 Å². The van der Waals surface area contributed by atoms with Crippen molar-refractivity contribution in [3.05, 3.63) is 66.1 Å². The molecule has 6 rings (SSSR count). The van der Waals surface area contributed by atoms with Crippen LogP contribution in [0.15, 0.2) is 60.6 Å². The number of aliphatic hydroxyl groups excluding tert-OH is 6. The van der Waals surface area contributed by atoms with E-state index < -0.39 is 116 Å². The first kappa shape index (κ1) is 58.1. The molecule has 2 aromatic rings. The van der Waals surface area contributed by atoms with Crippen LogP contribution in [0.4, 0.5) is 5.69 Å². The van der Waals surface area contributed by atoms with Gasteiger partial charge in [0.05, 0.1) is 33.5 Å². The van der Waals surface area contributed by atoms with Gasteiger partial charge < -0.3 is 93.2 Å². The van der Waals surface area contributed by atoms with Gasteiger partial charge in [0.15, 0.2) is 48.2 Å². The van der Waals surface area contributed by atoms with Crippen LogP contribution in [-0.4, -0.2) is 180 Å². The van der Waals surface area contributed by atoms with Crippen molar-refractivity contribution in [2.45, 2.75) is 169 Å². The minimum Gasteiger partial charge on any atom is -0.506 e. The summed E-state index contributed by atoms with van der Waals surface area (Å²) in [6.45, 7) is -0.934. The Bertz CT molecular complexity index is 2120. The largest absolute Gasteiger partial charge is 0.506 e. The molecule has 23 heteroatoms. The van der Waals surface area contributed by atoms with Crippen LogP contribution in [0.25, 0.3) is 0 Å². The Labute approximate surface area is 428 Å². The third kappa shape index (κ3) is 15.5. The number of nitrogens with one attached hydrogen (secondary N) is 1. The fraction of sp³-hybridized carbons (Fsp3) is 0.647. The predicted octanol–water partition coefficient (Wildman–Crippen LogP) is 3.01. The van der Waals surface area contributed by atoms with E-state index >= 15 is 0 Å². The summed E-state index contributed by atoms with van der Waals surface area (Å²) < 4.78 is 64.4. The number of aliphatic hydroxyl groups is 6. The molecular weight excluding hydrogens is 979 g/mol. The molecule has 1 saturated carbocycles. The number of carbonyl (C=O) groups excluding carboxylic acids is 3. The number of amides is 1. The van der Waals surface area contributed by atoms with E-state index in [1.54, 1.807) is 18.2 Å². The fourth-order valence-electron chi connectivity index (χ4n) is 9.35. The Morgan fingerprint density at radius 1 is 0.743 bits per heavy atom. The first-order chi connectivity index (χ1) is 35.7. The lowest BCUT2D eigenvalue weighted by Gasteiger charge is -2.49. The van der Waals surface area contributed by atoms with E-state index in [2.05, 4.69) is 5.32 Å². The van der Waals surface area contributed by atoms with E-state index in [9.17, 15) is 54.9 Å². The number of carboxylic acid groups (broad SMARTS) is 1. The maximum atomic E-state index is 14.7. The second-order valence-electron chi connectivity index (χ2n) is 18.6. The average molecular weight is 1050 g/mol. The number of esters is 2. The molecule has 0 radical (unpaired) electrons. The standard InChI is InChI=1S/C51H71NO22/c1-64-32-22-21-30(25-33(32)65-2)52-46(60)44-43(73-49-39(58)37(56)31(54)27-68-49)42(40(59)50(74-44)67-23-15-7-5-4-6-14-20-36(55)66-3)72-51-45(71-48(63)29-18-12-9-13-19-29)41(38(57)35(26-53)70-51)69-34(47(61)62)24-28-16-10-8-11-17-28/h9,12-13,18-19,21-22,25,27-28,34-35,37-45,49-51,53-54,56-59H,4-8,10-11,14-17,20,23-24,26H2,1-3H3,(H,52,60)(H,61,62). The van der Waals surface area contributed by atoms with Crippen LogP contribution >= 0.6 is 0 Å². The lowest BCUT2D eigenvalue weighted by atomic mass is 9.85. The fourth-order valence-corrected chi connectivity index (χ4v) is 9.35. The smallest absolute Gasteiger partial charge is 0.338 e. The van der Waals surface area contributed by atoms with Gasteiger partial charge in [-0.3, -0.25) is 9.59 Å². The molecule has 23 nitrogen and oxygen atoms in total. The monoisotopic (exact) mass is 1050 g/mol. The number of anilines is 1. The second-order valence-corrected chi connectivity index (χ2v) is 18.6.